The van der Waals surface area contributed by atoms with Crippen LogP contribution >= 0.6 is 0 Å². The lowest BCUT2D eigenvalue weighted by atomic mass is 9.91. The number of carbonyl (C=O) groups excluding carboxylic acids is 3. The number of hydrogen-bond acceptors (Lipinski definition) is 5. The van der Waals surface area contributed by atoms with Crippen LogP contribution in [0.3, 0.4) is 0 Å². The van der Waals surface area contributed by atoms with E-state index in [2.05, 4.69) is 5.32 Å². The molecule has 0 aromatic heterocycles. The summed E-state index contributed by atoms with van der Waals surface area (Å²) >= 11 is 0. The van der Waals surface area contributed by atoms with Crippen LogP contribution in [0.1, 0.15) is 77.7 Å². The number of aryl methyl sites for hydroxylation is 1. The van der Waals surface area contributed by atoms with E-state index in [1.54, 1.807) is 9.80 Å². The van der Waals surface area contributed by atoms with E-state index in [-0.39, 0.29) is 30.2 Å². The second kappa shape index (κ2) is 14.3. The third-order valence-corrected chi connectivity index (χ3v) is 7.57. The van der Waals surface area contributed by atoms with E-state index >= 15 is 0 Å². The zero-order chi connectivity index (χ0) is 28.4. The summed E-state index contributed by atoms with van der Waals surface area (Å²) in [5.74, 6) is -0.981. The molecule has 9 nitrogen and oxygen atoms in total. The van der Waals surface area contributed by atoms with Crippen LogP contribution in [-0.2, 0) is 25.5 Å². The zero-order valence-corrected chi connectivity index (χ0v) is 23.7. The van der Waals surface area contributed by atoms with E-state index < -0.39 is 17.6 Å². The van der Waals surface area contributed by atoms with Gasteiger partial charge in [0.05, 0.1) is 12.3 Å². The lowest BCUT2D eigenvalue weighted by Crippen LogP contribution is -2.48. The third kappa shape index (κ3) is 10.5. The standard InChI is InChI=1S/C30H45N3O6/c1-30(2,3)39-29(38)32-18-15-23(16-19-32)12-14-26(34)33-17-7-10-24(21-33)28(37)31-25(20-27(35)36)13-11-22-8-5-4-6-9-22/h4-6,8-9,23-25H,7,10-21H2,1-3H3,(H,31,37)(H,35,36)/t24-,25-/m1/s1. The molecule has 216 valence electrons. The molecule has 2 aliphatic heterocycles. The minimum absolute atomic E-state index is 0.0632. The number of carboxylic acids is 1. The second-order valence-corrected chi connectivity index (χ2v) is 12.0. The van der Waals surface area contributed by atoms with Crippen LogP contribution in [0.2, 0.25) is 0 Å². The summed E-state index contributed by atoms with van der Waals surface area (Å²) in [6.45, 7) is 7.88. The number of nitrogens with one attached hydrogen (secondary N) is 1. The maximum absolute atomic E-state index is 13.1. The summed E-state index contributed by atoms with van der Waals surface area (Å²) in [4.78, 5) is 53.3. The Morgan fingerprint density at radius 1 is 1.03 bits per heavy atom. The van der Waals surface area contributed by atoms with Gasteiger partial charge >= 0.3 is 12.1 Å². The predicted molar refractivity (Wildman–Crippen MR) is 148 cm³/mol. The van der Waals surface area contributed by atoms with Crippen molar-refractivity contribution in [1.82, 2.24) is 15.1 Å². The van der Waals surface area contributed by atoms with Crippen LogP contribution in [0.15, 0.2) is 30.3 Å². The summed E-state index contributed by atoms with van der Waals surface area (Å²) in [6, 6.07) is 9.36. The fourth-order valence-corrected chi connectivity index (χ4v) is 5.37. The topological polar surface area (TPSA) is 116 Å². The van der Waals surface area contributed by atoms with Crippen molar-refractivity contribution in [3.8, 4) is 0 Å². The average molecular weight is 544 g/mol. The molecular formula is C30H45N3O6. The molecule has 0 spiro atoms. The monoisotopic (exact) mass is 543 g/mol. The molecule has 1 aromatic carbocycles. The molecule has 0 radical (unpaired) electrons. The lowest BCUT2D eigenvalue weighted by Gasteiger charge is -2.35. The van der Waals surface area contributed by atoms with Gasteiger partial charge in [0.15, 0.2) is 0 Å². The quantitative estimate of drug-likeness (QED) is 0.456. The molecule has 39 heavy (non-hydrogen) atoms. The van der Waals surface area contributed by atoms with Gasteiger partial charge in [0.2, 0.25) is 11.8 Å². The number of amides is 3. The van der Waals surface area contributed by atoms with Crippen LogP contribution in [-0.4, -0.2) is 76.6 Å². The Morgan fingerprint density at radius 3 is 2.36 bits per heavy atom. The van der Waals surface area contributed by atoms with Gasteiger partial charge in [-0.25, -0.2) is 4.79 Å². The van der Waals surface area contributed by atoms with E-state index in [9.17, 15) is 24.3 Å². The molecule has 9 heteroatoms. The molecule has 2 fully saturated rings. The van der Waals surface area contributed by atoms with Crippen LogP contribution in [0.5, 0.6) is 0 Å². The van der Waals surface area contributed by atoms with Gasteiger partial charge < -0.3 is 25.0 Å². The van der Waals surface area contributed by atoms with Gasteiger partial charge in [0, 0.05) is 38.6 Å². The molecule has 2 saturated heterocycles. The first kappa shape index (κ1) is 30.4. The Morgan fingerprint density at radius 2 is 1.72 bits per heavy atom. The molecule has 0 unspecified atom stereocenters. The number of ether oxygens (including phenoxy) is 1. The van der Waals surface area contributed by atoms with Gasteiger partial charge in [0.25, 0.3) is 0 Å². The van der Waals surface area contributed by atoms with Crippen molar-refractivity contribution in [2.24, 2.45) is 11.8 Å². The number of piperidine rings is 2. The molecule has 3 amide bonds. The van der Waals surface area contributed by atoms with Gasteiger partial charge in [-0.2, -0.15) is 0 Å². The average Bonchev–Trinajstić information content (AvgIpc) is 2.90. The molecule has 3 rings (SSSR count). The number of carboxylic acid groups (broad SMARTS) is 1. The van der Waals surface area contributed by atoms with E-state index in [4.69, 9.17) is 4.74 Å². The van der Waals surface area contributed by atoms with Crippen molar-refractivity contribution >= 4 is 23.9 Å². The van der Waals surface area contributed by atoms with Crippen molar-refractivity contribution < 1.29 is 29.0 Å². The predicted octanol–water partition coefficient (Wildman–Crippen LogP) is 4.24. The first-order valence-corrected chi connectivity index (χ1v) is 14.3. The number of benzene rings is 1. The Balaban J connectivity index is 1.42. The number of aliphatic carboxylic acids is 1. The number of rotatable bonds is 10. The highest BCUT2D eigenvalue weighted by Crippen LogP contribution is 2.25. The SMILES string of the molecule is CC(C)(C)OC(=O)N1CCC(CCC(=O)N2CCC[C@@H](C(=O)N[C@H](CCc3ccccc3)CC(=O)O)C2)CC1. The first-order valence-electron chi connectivity index (χ1n) is 14.3. The van der Waals surface area contributed by atoms with E-state index in [1.165, 1.54) is 0 Å². The van der Waals surface area contributed by atoms with Gasteiger partial charge in [-0.3, -0.25) is 14.4 Å². The lowest BCUT2D eigenvalue weighted by molar-refractivity contribution is -0.138. The summed E-state index contributed by atoms with van der Waals surface area (Å²) in [5, 5.41) is 12.3. The Labute approximate surface area is 232 Å². The van der Waals surface area contributed by atoms with Crippen LogP contribution < -0.4 is 5.32 Å². The van der Waals surface area contributed by atoms with Crippen molar-refractivity contribution in [2.45, 2.75) is 90.2 Å². The highest BCUT2D eigenvalue weighted by atomic mass is 16.6. The third-order valence-electron chi connectivity index (χ3n) is 7.57. The summed E-state index contributed by atoms with van der Waals surface area (Å²) < 4.78 is 5.46. The van der Waals surface area contributed by atoms with Gasteiger partial charge in [-0.15, -0.1) is 0 Å². The van der Waals surface area contributed by atoms with Gasteiger partial charge in [-0.05, 0) is 77.2 Å². The van der Waals surface area contributed by atoms with E-state index in [1.807, 2.05) is 51.1 Å². The smallest absolute Gasteiger partial charge is 0.410 e. The van der Waals surface area contributed by atoms with E-state index in [0.29, 0.717) is 57.8 Å². The Bertz CT molecular complexity index is 969. The number of hydrogen-bond donors (Lipinski definition) is 2. The second-order valence-electron chi connectivity index (χ2n) is 12.0. The van der Waals surface area contributed by atoms with Gasteiger partial charge in [0.1, 0.15) is 5.60 Å². The highest BCUT2D eigenvalue weighted by molar-refractivity contribution is 5.82. The molecular weight excluding hydrogens is 498 g/mol. The van der Waals surface area contributed by atoms with Crippen LogP contribution in [0.25, 0.3) is 0 Å². The molecule has 2 N–H and O–H groups in total. The molecule has 0 saturated carbocycles. The Hall–Kier alpha value is -3.10. The minimum atomic E-state index is -0.939. The Kier molecular flexibility index (Phi) is 11.2. The summed E-state index contributed by atoms with van der Waals surface area (Å²) in [6.07, 6.45) is 5.19. The molecule has 0 bridgehead atoms. The number of nitrogens with zero attached hydrogens (tertiary/aromatic N) is 2. The number of carbonyl (C=O) groups is 4. The van der Waals surface area contributed by atoms with E-state index in [0.717, 1.165) is 31.2 Å². The van der Waals surface area contributed by atoms with Crippen LogP contribution in [0.4, 0.5) is 4.79 Å². The summed E-state index contributed by atoms with van der Waals surface area (Å²) in [7, 11) is 0. The zero-order valence-electron chi connectivity index (χ0n) is 23.7. The van der Waals surface area contributed by atoms with Crippen molar-refractivity contribution in [3.63, 3.8) is 0 Å². The molecule has 0 aliphatic carbocycles. The normalized spacial score (nSPS) is 19.3. The minimum Gasteiger partial charge on any atom is -0.481 e. The van der Waals surface area contributed by atoms with Crippen molar-refractivity contribution in [2.75, 3.05) is 26.2 Å². The van der Waals surface area contributed by atoms with Crippen molar-refractivity contribution in [3.05, 3.63) is 35.9 Å². The largest absolute Gasteiger partial charge is 0.481 e. The van der Waals surface area contributed by atoms with Crippen LogP contribution in [0, 0.1) is 11.8 Å². The maximum Gasteiger partial charge on any atom is 0.410 e. The highest BCUT2D eigenvalue weighted by Gasteiger charge is 2.31. The fraction of sp³-hybridized carbons (Fsp3) is 0.667. The molecule has 1 aromatic rings. The number of likely N-dealkylation sites (tertiary alicyclic amines) is 2. The molecule has 2 atom stereocenters. The fourth-order valence-electron chi connectivity index (χ4n) is 5.37. The first-order chi connectivity index (χ1) is 18.5. The summed E-state index contributed by atoms with van der Waals surface area (Å²) in [5.41, 5.74) is 0.593. The molecule has 2 aliphatic rings. The van der Waals surface area contributed by atoms with Crippen molar-refractivity contribution in [1.29, 1.82) is 0 Å². The maximum atomic E-state index is 13.1. The molecule has 2 heterocycles. The van der Waals surface area contributed by atoms with Gasteiger partial charge in [-0.1, -0.05) is 30.3 Å².